The maximum absolute atomic E-state index is 10.8. The van der Waals surface area contributed by atoms with Gasteiger partial charge in [-0.2, -0.15) is 0 Å². The maximum atomic E-state index is 10.8. The number of aromatic nitrogens is 1. The molecular formula is C41H61N3O5. The number of hydrogen-bond acceptors (Lipinski definition) is 7. The summed E-state index contributed by atoms with van der Waals surface area (Å²) in [4.78, 5) is 3.94. The van der Waals surface area contributed by atoms with E-state index in [9.17, 15) is 15.3 Å². The first-order valence-electron chi connectivity index (χ1n) is 19.3. The van der Waals surface area contributed by atoms with Crippen molar-refractivity contribution >= 4 is 0 Å². The number of furan rings is 1. The quantitative estimate of drug-likeness (QED) is 0.0891. The molecule has 0 radical (unpaired) electrons. The molecule has 3 aromatic rings. The highest BCUT2D eigenvalue weighted by Crippen LogP contribution is 2.60. The summed E-state index contributed by atoms with van der Waals surface area (Å²) in [5.74, 6) is 4.31. The fraction of sp³-hybridized carbons (Fsp3) is 0.659. The molecule has 8 heteroatoms. The number of aliphatic hydroxyl groups excluding tert-OH is 2. The van der Waals surface area contributed by atoms with Gasteiger partial charge in [0.05, 0.1) is 18.8 Å². The summed E-state index contributed by atoms with van der Waals surface area (Å²) in [6.07, 6.45) is 14.6. The molecule has 2 fully saturated rings. The highest BCUT2D eigenvalue weighted by Gasteiger charge is 2.51. The van der Waals surface area contributed by atoms with Crippen LogP contribution in [-0.2, 0) is 32.3 Å². The minimum atomic E-state index is -0.356. The zero-order valence-electron chi connectivity index (χ0n) is 30.2. The molecule has 8 nitrogen and oxygen atoms in total. The molecule has 270 valence electrons. The van der Waals surface area contributed by atoms with Crippen molar-refractivity contribution in [1.29, 1.82) is 0 Å². The highest BCUT2D eigenvalue weighted by atomic mass is 16.5. The molecule has 2 aromatic heterocycles. The SMILES string of the molecule is CCCCc1oc(CCc2ccc(O)c(OC[C@H](NCC)c3cc4c([nH]3)CC3(CCCC3)[C@@H]3CCC[C@@H]3[C@@H]4CNC[C@H](C)O)c2)cc1CO. The van der Waals surface area contributed by atoms with Crippen LogP contribution in [0.15, 0.2) is 34.7 Å². The number of benzene rings is 1. The number of likely N-dealkylation sites (N-methyl/N-ethyl adjacent to an activating group) is 1. The van der Waals surface area contributed by atoms with Crippen molar-refractivity contribution in [3.8, 4) is 11.5 Å². The molecule has 1 spiro atoms. The second-order valence-electron chi connectivity index (χ2n) is 15.4. The predicted molar refractivity (Wildman–Crippen MR) is 194 cm³/mol. The number of fused-ring (bicyclic) bond motifs is 3. The molecule has 1 aromatic carbocycles. The molecule has 5 atom stereocenters. The van der Waals surface area contributed by atoms with Crippen LogP contribution < -0.4 is 15.4 Å². The molecule has 0 bridgehead atoms. The summed E-state index contributed by atoms with van der Waals surface area (Å²) in [6.45, 7) is 8.86. The van der Waals surface area contributed by atoms with Crippen molar-refractivity contribution in [2.75, 3.05) is 26.2 Å². The smallest absolute Gasteiger partial charge is 0.161 e. The first-order valence-corrected chi connectivity index (χ1v) is 19.3. The summed E-state index contributed by atoms with van der Waals surface area (Å²) < 4.78 is 12.5. The lowest BCUT2D eigenvalue weighted by atomic mass is 9.66. The number of aromatic amines is 1. The van der Waals surface area contributed by atoms with Gasteiger partial charge in [-0.1, -0.05) is 45.6 Å². The van der Waals surface area contributed by atoms with Crippen LogP contribution in [-0.4, -0.2) is 52.6 Å². The monoisotopic (exact) mass is 675 g/mol. The van der Waals surface area contributed by atoms with Gasteiger partial charge in [0.2, 0.25) is 0 Å². The molecular weight excluding hydrogens is 614 g/mol. The lowest BCUT2D eigenvalue weighted by Crippen LogP contribution is -2.36. The Kier molecular flexibility index (Phi) is 12.1. The fourth-order valence-corrected chi connectivity index (χ4v) is 9.59. The number of ether oxygens (including phenoxy) is 1. The number of hydrogen-bond donors (Lipinski definition) is 6. The number of phenolic OH excluding ortho intramolecular Hbond substituents is 1. The van der Waals surface area contributed by atoms with Gasteiger partial charge in [0.1, 0.15) is 18.1 Å². The Bertz CT molecular complexity index is 1490. The highest BCUT2D eigenvalue weighted by molar-refractivity contribution is 5.42. The van der Waals surface area contributed by atoms with E-state index in [1.54, 1.807) is 6.07 Å². The number of rotatable bonds is 17. The lowest BCUT2D eigenvalue weighted by molar-refractivity contribution is 0.116. The zero-order valence-corrected chi connectivity index (χ0v) is 30.2. The second-order valence-corrected chi connectivity index (χ2v) is 15.4. The van der Waals surface area contributed by atoms with Crippen LogP contribution in [0.3, 0.4) is 0 Å². The van der Waals surface area contributed by atoms with Crippen LogP contribution >= 0.6 is 0 Å². The largest absolute Gasteiger partial charge is 0.504 e. The van der Waals surface area contributed by atoms with Gasteiger partial charge < -0.3 is 40.1 Å². The van der Waals surface area contributed by atoms with Crippen molar-refractivity contribution in [3.05, 3.63) is 69.9 Å². The van der Waals surface area contributed by atoms with E-state index >= 15 is 0 Å². The van der Waals surface area contributed by atoms with E-state index in [-0.39, 0.29) is 24.5 Å². The Morgan fingerprint density at radius 2 is 1.90 bits per heavy atom. The van der Waals surface area contributed by atoms with Crippen molar-refractivity contribution in [1.82, 2.24) is 15.6 Å². The molecule has 0 amide bonds. The Labute approximate surface area is 293 Å². The molecule has 3 aliphatic carbocycles. The summed E-state index contributed by atoms with van der Waals surface area (Å²) in [5, 5.41) is 37.9. The van der Waals surface area contributed by atoms with Gasteiger partial charge in [0, 0.05) is 48.8 Å². The Balaban J connectivity index is 1.18. The molecule has 6 rings (SSSR count). The summed E-state index contributed by atoms with van der Waals surface area (Å²) in [7, 11) is 0. The van der Waals surface area contributed by atoms with Crippen LogP contribution in [0.2, 0.25) is 0 Å². The summed E-state index contributed by atoms with van der Waals surface area (Å²) >= 11 is 0. The van der Waals surface area contributed by atoms with Gasteiger partial charge >= 0.3 is 0 Å². The standard InChI is InChI=1S/C41H61N3O5/c1-4-6-12-39-29(25-45)20-30(49-39)15-13-28-14-16-38(47)40(19-28)48-26-37(43-5-2)35-21-32-33(24-42-23-27(3)46)31-10-9-11-34(31)41(17-7-8-18-41)22-36(32)44-35/h14,16,19-21,27,31,33-34,37,42-47H,4-13,15,17-18,22-26H2,1-3H3/t27-,31+,33-,34+,37-/m0/s1. The van der Waals surface area contributed by atoms with Gasteiger partial charge in [-0.15, -0.1) is 0 Å². The molecule has 3 aliphatic rings. The summed E-state index contributed by atoms with van der Waals surface area (Å²) in [6, 6.07) is 9.97. The van der Waals surface area contributed by atoms with Crippen molar-refractivity contribution < 1.29 is 24.5 Å². The number of H-pyrrole nitrogens is 1. The first kappa shape index (κ1) is 36.0. The van der Waals surface area contributed by atoms with Gasteiger partial charge in [0.15, 0.2) is 11.5 Å². The Hall–Kier alpha value is -2.78. The third-order valence-electron chi connectivity index (χ3n) is 12.0. The van der Waals surface area contributed by atoms with Gasteiger partial charge in [0.25, 0.3) is 0 Å². The van der Waals surface area contributed by atoms with E-state index in [0.717, 1.165) is 79.5 Å². The van der Waals surface area contributed by atoms with Crippen molar-refractivity contribution in [3.63, 3.8) is 0 Å². The average molecular weight is 676 g/mol. The molecule has 0 saturated heterocycles. The Morgan fingerprint density at radius 1 is 1.06 bits per heavy atom. The van der Waals surface area contributed by atoms with Crippen LogP contribution in [0.5, 0.6) is 11.5 Å². The number of aryl methyl sites for hydroxylation is 3. The number of phenols is 1. The van der Waals surface area contributed by atoms with E-state index in [0.29, 0.717) is 42.6 Å². The molecule has 0 unspecified atom stereocenters. The second kappa shape index (κ2) is 16.5. The number of aliphatic hydroxyl groups is 2. The number of unbranched alkanes of at least 4 members (excludes halogenated alkanes) is 1. The van der Waals surface area contributed by atoms with E-state index in [2.05, 4.69) is 35.5 Å². The van der Waals surface area contributed by atoms with Crippen molar-refractivity contribution in [2.45, 2.75) is 129 Å². The van der Waals surface area contributed by atoms with Crippen LogP contribution in [0.1, 0.15) is 130 Å². The molecule has 2 heterocycles. The van der Waals surface area contributed by atoms with Crippen LogP contribution in [0.25, 0.3) is 0 Å². The van der Waals surface area contributed by atoms with Gasteiger partial charge in [-0.25, -0.2) is 0 Å². The number of aromatic hydroxyl groups is 1. The first-order chi connectivity index (χ1) is 23.8. The lowest BCUT2D eigenvalue weighted by Gasteiger charge is -2.39. The topological polar surface area (TPSA) is 123 Å². The molecule has 0 aliphatic heterocycles. The van der Waals surface area contributed by atoms with Gasteiger partial charge in [-0.05, 0) is 111 Å². The Morgan fingerprint density at radius 3 is 2.65 bits per heavy atom. The predicted octanol–water partition coefficient (Wildman–Crippen LogP) is 7.25. The normalized spacial score (nSPS) is 22.6. The minimum absolute atomic E-state index is 0.000978. The third-order valence-corrected chi connectivity index (χ3v) is 12.0. The van der Waals surface area contributed by atoms with E-state index < -0.39 is 0 Å². The molecule has 49 heavy (non-hydrogen) atoms. The zero-order chi connectivity index (χ0) is 34.4. The molecule has 6 N–H and O–H groups in total. The molecule has 2 saturated carbocycles. The van der Waals surface area contributed by atoms with Crippen LogP contribution in [0, 0.1) is 17.3 Å². The minimum Gasteiger partial charge on any atom is -0.504 e. The van der Waals surface area contributed by atoms with E-state index in [1.165, 1.54) is 56.2 Å². The average Bonchev–Trinajstić information content (AvgIpc) is 3.90. The third kappa shape index (κ3) is 8.24. The van der Waals surface area contributed by atoms with E-state index in [4.69, 9.17) is 9.15 Å². The summed E-state index contributed by atoms with van der Waals surface area (Å²) in [5.41, 5.74) is 6.38. The van der Waals surface area contributed by atoms with Crippen LogP contribution in [0.4, 0.5) is 0 Å². The van der Waals surface area contributed by atoms with Crippen molar-refractivity contribution in [2.24, 2.45) is 17.3 Å². The number of nitrogens with one attached hydrogen (secondary N) is 3. The fourth-order valence-electron chi connectivity index (χ4n) is 9.59. The van der Waals surface area contributed by atoms with E-state index in [1.807, 2.05) is 25.1 Å². The maximum Gasteiger partial charge on any atom is 0.161 e. The van der Waals surface area contributed by atoms with Gasteiger partial charge in [-0.3, -0.25) is 0 Å².